The zero-order valence-corrected chi connectivity index (χ0v) is 14.6. The van der Waals surface area contributed by atoms with Crippen molar-refractivity contribution in [1.82, 2.24) is 0 Å². The number of hydrogen-bond donors (Lipinski definition) is 1. The smallest absolute Gasteiger partial charge is 0.265 e. The minimum Gasteiger partial charge on any atom is -0.490 e. The lowest BCUT2D eigenvalue weighted by Crippen LogP contribution is -2.30. The van der Waals surface area contributed by atoms with Gasteiger partial charge >= 0.3 is 0 Å². The lowest BCUT2D eigenvalue weighted by Gasteiger charge is -2.15. The van der Waals surface area contributed by atoms with E-state index in [1.165, 1.54) is 0 Å². The highest BCUT2D eigenvalue weighted by atomic mass is 16.5. The maximum Gasteiger partial charge on any atom is 0.265 e. The highest BCUT2D eigenvalue weighted by Gasteiger charge is 2.15. The molecule has 0 aromatic heterocycles. The van der Waals surface area contributed by atoms with E-state index in [0.717, 1.165) is 16.5 Å². The molecule has 0 heterocycles. The Morgan fingerprint density at radius 2 is 1.73 bits per heavy atom. The first-order valence-corrected chi connectivity index (χ1v) is 8.46. The summed E-state index contributed by atoms with van der Waals surface area (Å²) in [5.74, 6) is 1.18. The summed E-state index contributed by atoms with van der Waals surface area (Å²) in [5.41, 5.74) is 0.690. The third-order valence-electron chi connectivity index (χ3n) is 3.89. The summed E-state index contributed by atoms with van der Waals surface area (Å²) in [6.07, 6.45) is 1.06. The lowest BCUT2D eigenvalue weighted by atomic mass is 10.1. The van der Waals surface area contributed by atoms with Crippen molar-refractivity contribution in [1.29, 1.82) is 0 Å². The first-order valence-electron chi connectivity index (χ1n) is 8.46. The first kappa shape index (κ1) is 17.5. The Labute approximate surface area is 153 Å². The van der Waals surface area contributed by atoms with E-state index in [4.69, 9.17) is 9.47 Å². The number of hydrogen-bond acceptors (Lipinski definition) is 3. The van der Waals surface area contributed by atoms with Crippen molar-refractivity contribution in [2.75, 3.05) is 11.9 Å². The van der Waals surface area contributed by atoms with Crippen LogP contribution in [-0.2, 0) is 4.79 Å². The van der Waals surface area contributed by atoms with E-state index < -0.39 is 6.10 Å². The largest absolute Gasteiger partial charge is 0.490 e. The van der Waals surface area contributed by atoms with E-state index in [-0.39, 0.29) is 5.91 Å². The molecule has 0 saturated carbocycles. The Hall–Kier alpha value is -3.27. The quantitative estimate of drug-likeness (QED) is 0.624. The van der Waals surface area contributed by atoms with Crippen molar-refractivity contribution in [3.05, 3.63) is 79.4 Å². The summed E-state index contributed by atoms with van der Waals surface area (Å²) in [6.45, 7) is 5.78. The number of ether oxygens (including phenoxy) is 2. The van der Waals surface area contributed by atoms with E-state index in [2.05, 4.69) is 11.9 Å². The van der Waals surface area contributed by atoms with Gasteiger partial charge in [0.05, 0.1) is 0 Å². The van der Waals surface area contributed by atoms with Gasteiger partial charge in [0.15, 0.2) is 6.10 Å². The molecular weight excluding hydrogens is 326 g/mol. The third kappa shape index (κ3) is 4.42. The van der Waals surface area contributed by atoms with Crippen LogP contribution in [0.25, 0.3) is 10.8 Å². The van der Waals surface area contributed by atoms with Crippen molar-refractivity contribution in [3.63, 3.8) is 0 Å². The number of fused-ring (bicyclic) bond motifs is 1. The molecule has 0 aliphatic rings. The van der Waals surface area contributed by atoms with Gasteiger partial charge in [-0.25, -0.2) is 0 Å². The fraction of sp³-hybridized carbons (Fsp3) is 0.136. The van der Waals surface area contributed by atoms with Crippen LogP contribution in [0.15, 0.2) is 79.4 Å². The predicted molar refractivity (Wildman–Crippen MR) is 105 cm³/mol. The molecule has 0 radical (unpaired) electrons. The zero-order chi connectivity index (χ0) is 18.4. The normalized spacial score (nSPS) is 11.6. The van der Waals surface area contributed by atoms with E-state index in [0.29, 0.717) is 18.0 Å². The van der Waals surface area contributed by atoms with Crippen molar-refractivity contribution in [2.24, 2.45) is 0 Å². The predicted octanol–water partition coefficient (Wildman–Crippen LogP) is 4.81. The minimum absolute atomic E-state index is 0.210. The summed E-state index contributed by atoms with van der Waals surface area (Å²) in [6, 6.07) is 21.0. The van der Waals surface area contributed by atoms with E-state index in [1.54, 1.807) is 37.3 Å². The average molecular weight is 347 g/mol. The van der Waals surface area contributed by atoms with Gasteiger partial charge in [-0.2, -0.15) is 0 Å². The number of rotatable bonds is 7. The summed E-state index contributed by atoms with van der Waals surface area (Å²) in [5, 5.41) is 5.05. The maximum absolute atomic E-state index is 12.4. The molecule has 0 aliphatic heterocycles. The molecule has 132 valence electrons. The molecule has 3 aromatic carbocycles. The van der Waals surface area contributed by atoms with Crippen molar-refractivity contribution in [3.8, 4) is 11.5 Å². The van der Waals surface area contributed by atoms with Crippen LogP contribution in [0.3, 0.4) is 0 Å². The molecule has 0 saturated heterocycles. The van der Waals surface area contributed by atoms with Gasteiger partial charge in [-0.15, -0.1) is 0 Å². The van der Waals surface area contributed by atoms with Crippen LogP contribution in [0.5, 0.6) is 11.5 Å². The molecule has 4 nitrogen and oxygen atoms in total. The summed E-state index contributed by atoms with van der Waals surface area (Å²) >= 11 is 0. The van der Waals surface area contributed by atoms with Crippen LogP contribution in [0.4, 0.5) is 5.69 Å². The molecule has 1 atom stereocenters. The molecule has 26 heavy (non-hydrogen) atoms. The molecule has 3 rings (SSSR count). The number of nitrogens with one attached hydrogen (secondary N) is 1. The van der Waals surface area contributed by atoms with Gasteiger partial charge in [0, 0.05) is 5.69 Å². The first-order chi connectivity index (χ1) is 12.7. The SMILES string of the molecule is C=CCOc1ccc(NC(=O)[C@@H](C)Oc2ccc3ccccc3c2)cc1. The maximum atomic E-state index is 12.4. The molecule has 3 aromatic rings. The van der Waals surface area contributed by atoms with Gasteiger partial charge in [-0.05, 0) is 54.1 Å². The zero-order valence-electron chi connectivity index (χ0n) is 14.6. The van der Waals surface area contributed by atoms with Gasteiger partial charge in [-0.1, -0.05) is 43.0 Å². The van der Waals surface area contributed by atoms with Crippen LogP contribution in [0.2, 0.25) is 0 Å². The molecule has 0 bridgehead atoms. The highest BCUT2D eigenvalue weighted by molar-refractivity contribution is 5.94. The Kier molecular flexibility index (Phi) is 5.54. The standard InChI is InChI=1S/C22H21NO3/c1-3-14-25-20-12-9-19(10-13-20)23-22(24)16(2)26-21-11-8-17-6-4-5-7-18(17)15-21/h3-13,15-16H,1,14H2,2H3,(H,23,24)/t16-/m1/s1. The molecule has 1 N–H and O–H groups in total. The van der Waals surface area contributed by atoms with Crippen LogP contribution in [0.1, 0.15) is 6.92 Å². The van der Waals surface area contributed by atoms with Crippen LogP contribution in [0, 0.1) is 0 Å². The minimum atomic E-state index is -0.618. The Balaban J connectivity index is 1.60. The Bertz CT molecular complexity index is 903. The fourth-order valence-corrected chi connectivity index (χ4v) is 2.53. The summed E-state index contributed by atoms with van der Waals surface area (Å²) < 4.78 is 11.2. The monoisotopic (exact) mass is 347 g/mol. The van der Waals surface area contributed by atoms with Gasteiger partial charge in [0.2, 0.25) is 0 Å². The second-order valence-electron chi connectivity index (χ2n) is 5.88. The Morgan fingerprint density at radius 3 is 2.46 bits per heavy atom. The fourth-order valence-electron chi connectivity index (χ4n) is 2.53. The Morgan fingerprint density at radius 1 is 1.04 bits per heavy atom. The third-order valence-corrected chi connectivity index (χ3v) is 3.89. The average Bonchev–Trinajstić information content (AvgIpc) is 2.67. The number of carbonyl (C=O) groups excluding carboxylic acids is 1. The highest BCUT2D eigenvalue weighted by Crippen LogP contribution is 2.22. The molecule has 0 spiro atoms. The van der Waals surface area contributed by atoms with Gasteiger partial charge < -0.3 is 14.8 Å². The summed E-state index contributed by atoms with van der Waals surface area (Å²) in [7, 11) is 0. The number of anilines is 1. The van der Waals surface area contributed by atoms with Gasteiger partial charge in [-0.3, -0.25) is 4.79 Å². The topological polar surface area (TPSA) is 47.6 Å². The molecule has 4 heteroatoms. The summed E-state index contributed by atoms with van der Waals surface area (Å²) in [4.78, 5) is 12.4. The molecule has 1 amide bonds. The number of benzene rings is 3. The van der Waals surface area contributed by atoms with Crippen molar-refractivity contribution < 1.29 is 14.3 Å². The van der Waals surface area contributed by atoms with Crippen molar-refractivity contribution >= 4 is 22.4 Å². The second kappa shape index (κ2) is 8.21. The van der Waals surface area contributed by atoms with E-state index >= 15 is 0 Å². The number of carbonyl (C=O) groups is 1. The van der Waals surface area contributed by atoms with E-state index in [1.807, 2.05) is 42.5 Å². The van der Waals surface area contributed by atoms with Gasteiger partial charge in [0.1, 0.15) is 18.1 Å². The molecular formula is C22H21NO3. The van der Waals surface area contributed by atoms with Crippen LogP contribution >= 0.6 is 0 Å². The van der Waals surface area contributed by atoms with Gasteiger partial charge in [0.25, 0.3) is 5.91 Å². The van der Waals surface area contributed by atoms with Crippen LogP contribution in [-0.4, -0.2) is 18.6 Å². The van der Waals surface area contributed by atoms with Crippen molar-refractivity contribution in [2.45, 2.75) is 13.0 Å². The lowest BCUT2D eigenvalue weighted by molar-refractivity contribution is -0.122. The molecule has 0 unspecified atom stereocenters. The van der Waals surface area contributed by atoms with Crippen LogP contribution < -0.4 is 14.8 Å². The van der Waals surface area contributed by atoms with E-state index in [9.17, 15) is 4.79 Å². The molecule has 0 fully saturated rings. The second-order valence-corrected chi connectivity index (χ2v) is 5.88. The molecule has 0 aliphatic carbocycles. The number of amides is 1.